The molecule has 0 fully saturated rings. The fourth-order valence-corrected chi connectivity index (χ4v) is 16.6. The molecule has 0 aliphatic carbocycles. The van der Waals surface area contributed by atoms with Crippen LogP contribution in [-0.4, -0.2) is 66.8 Å². The van der Waals surface area contributed by atoms with Crippen molar-refractivity contribution in [2.75, 3.05) is 0 Å². The first-order valence-corrected chi connectivity index (χ1v) is 14.8. The van der Waals surface area contributed by atoms with E-state index in [2.05, 4.69) is 22.0 Å². The quantitative estimate of drug-likeness (QED) is 0.408. The first-order valence-electron chi connectivity index (χ1n) is 5.11. The Bertz CT molecular complexity index is 530. The Morgan fingerprint density at radius 3 is 1.61 bits per heavy atom. The zero-order valence-corrected chi connectivity index (χ0v) is 16.6. The van der Waals surface area contributed by atoms with Gasteiger partial charge in [0.25, 0.3) is 0 Å². The topological polar surface area (TPSA) is 34.1 Å². The van der Waals surface area contributed by atoms with E-state index >= 15 is 0 Å². The minimum atomic E-state index is 0.222. The second-order valence-corrected chi connectivity index (χ2v) is 13.5. The molecule has 0 aromatic carbocycles. The summed E-state index contributed by atoms with van der Waals surface area (Å²) in [7, 11) is 0. The molecule has 0 bridgehead atoms. The van der Waals surface area contributed by atoms with Crippen LogP contribution in [0.25, 0.3) is 0 Å². The number of hydrogen-bond acceptors (Lipinski definition) is 2. The van der Waals surface area contributed by atoms with Gasteiger partial charge in [0.15, 0.2) is 0 Å². The van der Waals surface area contributed by atoms with E-state index in [1.807, 2.05) is 0 Å². The second-order valence-electron chi connectivity index (χ2n) is 3.51. The van der Waals surface area contributed by atoms with Crippen LogP contribution in [0, 0.1) is 0 Å². The molecule has 0 unspecified atom stereocenters. The third kappa shape index (κ3) is 3.48. The van der Waals surface area contributed by atoms with Gasteiger partial charge >= 0.3 is 130 Å². The summed E-state index contributed by atoms with van der Waals surface area (Å²) in [6.45, 7) is 3.32. The number of carbonyl (C=O) groups excluding carboxylic acids is 2. The van der Waals surface area contributed by atoms with Crippen LogP contribution in [0.4, 0.5) is 0 Å². The van der Waals surface area contributed by atoms with Gasteiger partial charge < -0.3 is 0 Å². The normalized spacial score (nSPS) is 10.6. The number of ketones is 2. The molecule has 2 heterocycles. The van der Waals surface area contributed by atoms with Gasteiger partial charge in [-0.05, 0) is 0 Å². The van der Waals surface area contributed by atoms with Gasteiger partial charge in [0, 0.05) is 0 Å². The van der Waals surface area contributed by atoms with E-state index in [0.717, 1.165) is 8.87 Å². The van der Waals surface area contributed by atoms with Crippen LogP contribution in [0.1, 0.15) is 32.3 Å². The van der Waals surface area contributed by atoms with E-state index in [4.69, 9.17) is 0 Å². The van der Waals surface area contributed by atoms with Crippen molar-refractivity contribution in [1.29, 1.82) is 0 Å². The van der Waals surface area contributed by atoms with Crippen LogP contribution in [0.5, 0.6) is 0 Å². The molecule has 0 saturated carbocycles. The van der Waals surface area contributed by atoms with Crippen molar-refractivity contribution >= 4 is 75.8 Å². The number of rotatable bonds is 5. The van der Waals surface area contributed by atoms with Gasteiger partial charge in [-0.1, -0.05) is 0 Å². The van der Waals surface area contributed by atoms with Gasteiger partial charge in [0.2, 0.25) is 0 Å². The molecular weight excluding hydrogens is 492 g/mol. The van der Waals surface area contributed by atoms with E-state index < -0.39 is 0 Å². The Kier molecular flexibility index (Phi) is 5.50. The van der Waals surface area contributed by atoms with Crippen molar-refractivity contribution in [2.45, 2.75) is 13.8 Å². The van der Waals surface area contributed by atoms with E-state index in [0.29, 0.717) is 26.3 Å². The van der Waals surface area contributed by atoms with Crippen LogP contribution < -0.4 is 8.92 Å². The summed E-state index contributed by atoms with van der Waals surface area (Å²) in [6.07, 6.45) is 0. The van der Waals surface area contributed by atoms with Gasteiger partial charge in [0.1, 0.15) is 0 Å². The fourth-order valence-electron chi connectivity index (χ4n) is 1.33. The first kappa shape index (κ1) is 14.8. The molecule has 18 heavy (non-hydrogen) atoms. The summed E-state index contributed by atoms with van der Waals surface area (Å²) >= 11 is 1.16. The molecule has 2 aromatic rings. The Morgan fingerprint density at radius 1 is 0.889 bits per heavy atom. The molecule has 0 aliphatic heterocycles. The predicted octanol–water partition coefficient (Wildman–Crippen LogP) is -0.520. The SMILES string of the molecule is CC(=O)c1[se]ccc1[Se][Se]c1cc[se]c1C(C)=O. The van der Waals surface area contributed by atoms with Crippen molar-refractivity contribution < 1.29 is 9.59 Å². The van der Waals surface area contributed by atoms with Crippen LogP contribution in [0.15, 0.2) is 22.0 Å². The maximum atomic E-state index is 11.5. The molecule has 2 rings (SSSR count). The Morgan fingerprint density at radius 2 is 1.28 bits per heavy atom. The Labute approximate surface area is 129 Å². The molecular formula is C12H10O2Se4. The van der Waals surface area contributed by atoms with Crippen molar-refractivity contribution in [3.63, 3.8) is 0 Å². The predicted molar refractivity (Wildman–Crippen MR) is 77.5 cm³/mol. The third-order valence-corrected chi connectivity index (χ3v) is 14.9. The van der Waals surface area contributed by atoms with Gasteiger partial charge in [-0.25, -0.2) is 0 Å². The summed E-state index contributed by atoms with van der Waals surface area (Å²) in [6, 6.07) is 4.24. The number of carbonyl (C=O) groups is 2. The molecule has 0 aliphatic rings. The van der Waals surface area contributed by atoms with Crippen LogP contribution in [-0.2, 0) is 0 Å². The first-order chi connectivity index (χ1) is 8.59. The summed E-state index contributed by atoms with van der Waals surface area (Å²) < 4.78 is 4.61. The molecule has 2 aromatic heterocycles. The average Bonchev–Trinajstić information content (AvgIpc) is 2.94. The second kappa shape index (κ2) is 6.70. The maximum absolute atomic E-state index is 11.5. The fraction of sp³-hybridized carbons (Fsp3) is 0.167. The molecule has 0 radical (unpaired) electrons. The molecule has 0 atom stereocenters. The van der Waals surface area contributed by atoms with E-state index in [1.165, 1.54) is 8.92 Å². The minimum absolute atomic E-state index is 0.222. The molecule has 6 heteroatoms. The molecule has 0 amide bonds. The van der Waals surface area contributed by atoms with E-state index in [9.17, 15) is 9.59 Å². The van der Waals surface area contributed by atoms with Gasteiger partial charge in [-0.2, -0.15) is 0 Å². The molecule has 2 nitrogen and oxygen atoms in total. The number of Topliss-reactive ketones (excluding diaryl/α,β-unsaturated/α-hetero) is 2. The van der Waals surface area contributed by atoms with Gasteiger partial charge in [0.05, 0.1) is 0 Å². The molecule has 0 saturated heterocycles. The monoisotopic (exact) mass is 506 g/mol. The summed E-state index contributed by atoms with van der Waals surface area (Å²) in [5.41, 5.74) is 0. The van der Waals surface area contributed by atoms with Gasteiger partial charge in [-0.15, -0.1) is 0 Å². The van der Waals surface area contributed by atoms with Crippen molar-refractivity contribution in [3.8, 4) is 0 Å². The third-order valence-electron chi connectivity index (χ3n) is 2.12. The van der Waals surface area contributed by atoms with E-state index in [1.54, 1.807) is 13.8 Å². The standard InChI is InChI=1S/C12H10O2Se4/c1-7(13)11-9(3-5-15-11)17-18-10-4-6-16-12(10)8(2)14/h3-6H,1-2H3. The summed E-state index contributed by atoms with van der Waals surface area (Å²) in [5, 5.41) is 0. The van der Waals surface area contributed by atoms with Crippen molar-refractivity contribution in [2.24, 2.45) is 0 Å². The average molecular weight is 502 g/mol. The summed E-state index contributed by atoms with van der Waals surface area (Å²) in [4.78, 5) is 27.2. The molecule has 0 N–H and O–H groups in total. The van der Waals surface area contributed by atoms with Crippen LogP contribution >= 0.6 is 0 Å². The zero-order valence-electron chi connectivity index (χ0n) is 9.76. The molecule has 94 valence electrons. The van der Waals surface area contributed by atoms with Crippen molar-refractivity contribution in [3.05, 3.63) is 30.9 Å². The zero-order chi connectivity index (χ0) is 13.1. The number of hydrogen-bond donors (Lipinski definition) is 0. The Hall–Kier alpha value is 0.378. The van der Waals surface area contributed by atoms with Crippen LogP contribution in [0.2, 0.25) is 0 Å². The molecule has 0 spiro atoms. The Balaban J connectivity index is 2.12. The van der Waals surface area contributed by atoms with Crippen molar-refractivity contribution in [1.82, 2.24) is 0 Å². The van der Waals surface area contributed by atoms with Gasteiger partial charge in [-0.3, -0.25) is 0 Å². The van der Waals surface area contributed by atoms with E-state index in [-0.39, 0.29) is 40.6 Å². The summed E-state index contributed by atoms with van der Waals surface area (Å²) in [5.74, 6) is 0.444. The van der Waals surface area contributed by atoms with Crippen LogP contribution in [0.3, 0.4) is 0 Å².